The number of hydrogen-bond acceptors (Lipinski definition) is 3. The van der Waals surface area contributed by atoms with Gasteiger partial charge in [-0.1, -0.05) is 24.3 Å². The molecular weight excluding hydrogens is 213 g/mol. The van der Waals surface area contributed by atoms with Crippen LogP contribution in [-0.2, 0) is 6.42 Å². The molecule has 0 amide bonds. The van der Waals surface area contributed by atoms with E-state index < -0.39 is 7.12 Å². The minimum atomic E-state index is -1.36. The molecule has 2 rings (SSSR count). The lowest BCUT2D eigenvalue weighted by Gasteiger charge is -2.21. The Balaban J connectivity index is 1.98. The first-order valence-electron chi connectivity index (χ1n) is 6.36. The van der Waals surface area contributed by atoms with Gasteiger partial charge in [0.15, 0.2) is 0 Å². The summed E-state index contributed by atoms with van der Waals surface area (Å²) in [5.74, 6) is 0. The molecule has 1 unspecified atom stereocenters. The number of rotatable bonds is 4. The minimum absolute atomic E-state index is 0.638. The fourth-order valence-electron chi connectivity index (χ4n) is 2.60. The lowest BCUT2D eigenvalue weighted by Crippen LogP contribution is -2.35. The van der Waals surface area contributed by atoms with Gasteiger partial charge in [0.05, 0.1) is 0 Å². The fraction of sp³-hybridized carbons (Fsp3) is 0.538. The first-order chi connectivity index (χ1) is 8.18. The second kappa shape index (κ2) is 5.67. The predicted molar refractivity (Wildman–Crippen MR) is 70.2 cm³/mol. The van der Waals surface area contributed by atoms with Gasteiger partial charge >= 0.3 is 7.12 Å². The van der Waals surface area contributed by atoms with Crippen molar-refractivity contribution in [2.24, 2.45) is 0 Å². The lowest BCUT2D eigenvalue weighted by molar-refractivity contribution is 0.272. The predicted octanol–water partition coefficient (Wildman–Crippen LogP) is 0.393. The average molecular weight is 233 g/mol. The molecule has 17 heavy (non-hydrogen) atoms. The van der Waals surface area contributed by atoms with E-state index in [9.17, 15) is 10.0 Å². The smallest absolute Gasteiger partial charge is 0.423 e. The zero-order valence-electron chi connectivity index (χ0n) is 10.3. The van der Waals surface area contributed by atoms with Crippen molar-refractivity contribution >= 4 is 12.6 Å². The van der Waals surface area contributed by atoms with E-state index in [-0.39, 0.29) is 0 Å². The van der Waals surface area contributed by atoms with Crippen molar-refractivity contribution in [3.63, 3.8) is 0 Å². The number of hydrogen-bond donors (Lipinski definition) is 2. The molecule has 3 nitrogen and oxygen atoms in total. The third-order valence-corrected chi connectivity index (χ3v) is 3.69. The summed E-state index contributed by atoms with van der Waals surface area (Å²) in [6.45, 7) is 4.44. The Kier molecular flexibility index (Phi) is 4.21. The molecule has 1 aromatic carbocycles. The quantitative estimate of drug-likeness (QED) is 0.739. The van der Waals surface area contributed by atoms with E-state index in [2.05, 4.69) is 11.8 Å². The van der Waals surface area contributed by atoms with Crippen LogP contribution in [0.1, 0.15) is 25.3 Å². The van der Waals surface area contributed by atoms with Gasteiger partial charge < -0.3 is 14.9 Å². The van der Waals surface area contributed by atoms with Crippen LogP contribution in [0.3, 0.4) is 0 Å². The molecule has 1 aliphatic heterocycles. The molecule has 1 atom stereocenters. The van der Waals surface area contributed by atoms with Gasteiger partial charge in [0.25, 0.3) is 0 Å². The minimum Gasteiger partial charge on any atom is -0.423 e. The maximum Gasteiger partial charge on any atom is 0.488 e. The highest BCUT2D eigenvalue weighted by molar-refractivity contribution is 6.59. The van der Waals surface area contributed by atoms with Gasteiger partial charge in [0, 0.05) is 12.6 Å². The largest absolute Gasteiger partial charge is 0.488 e. The Morgan fingerprint density at radius 1 is 1.35 bits per heavy atom. The molecule has 2 N–H and O–H groups in total. The molecule has 1 saturated heterocycles. The Labute approximate surface area is 103 Å². The Morgan fingerprint density at radius 3 is 2.76 bits per heavy atom. The van der Waals surface area contributed by atoms with Crippen LogP contribution in [0.4, 0.5) is 0 Å². The fourth-order valence-corrected chi connectivity index (χ4v) is 2.60. The molecule has 0 saturated carbocycles. The molecule has 0 aliphatic carbocycles. The van der Waals surface area contributed by atoms with Gasteiger partial charge in [0.1, 0.15) is 0 Å². The van der Waals surface area contributed by atoms with Crippen LogP contribution in [0, 0.1) is 0 Å². The van der Waals surface area contributed by atoms with Crippen LogP contribution in [0.5, 0.6) is 0 Å². The molecule has 0 aromatic heterocycles. The van der Waals surface area contributed by atoms with Gasteiger partial charge in [-0.05, 0) is 43.8 Å². The van der Waals surface area contributed by atoms with Gasteiger partial charge in [-0.25, -0.2) is 0 Å². The Hall–Kier alpha value is -0.835. The van der Waals surface area contributed by atoms with Crippen molar-refractivity contribution in [2.45, 2.75) is 32.2 Å². The molecule has 1 heterocycles. The third-order valence-electron chi connectivity index (χ3n) is 3.69. The summed E-state index contributed by atoms with van der Waals surface area (Å²) in [4.78, 5) is 2.47. The van der Waals surface area contributed by atoms with Crippen LogP contribution >= 0.6 is 0 Å². The molecule has 1 aromatic rings. The van der Waals surface area contributed by atoms with Crippen molar-refractivity contribution in [2.75, 3.05) is 13.1 Å². The van der Waals surface area contributed by atoms with E-state index in [4.69, 9.17) is 0 Å². The third kappa shape index (κ3) is 3.09. The molecule has 1 fully saturated rings. The van der Waals surface area contributed by atoms with E-state index in [1.807, 2.05) is 18.2 Å². The average Bonchev–Trinajstić information content (AvgIpc) is 2.72. The standard InChI is InChI=1S/C13H20BNO2/c1-11-5-4-9-15(11)10-8-12-6-2-3-7-13(12)14(16)17/h2-3,6-7,11,16-17H,4-5,8-10H2,1H3. The van der Waals surface area contributed by atoms with E-state index in [0.29, 0.717) is 11.5 Å². The van der Waals surface area contributed by atoms with Crippen LogP contribution < -0.4 is 5.46 Å². The van der Waals surface area contributed by atoms with E-state index in [0.717, 1.165) is 18.5 Å². The second-order valence-electron chi connectivity index (χ2n) is 4.85. The zero-order chi connectivity index (χ0) is 12.3. The van der Waals surface area contributed by atoms with Crippen LogP contribution in [0.2, 0.25) is 0 Å². The Bertz CT molecular complexity index is 370. The topological polar surface area (TPSA) is 43.7 Å². The summed E-state index contributed by atoms with van der Waals surface area (Å²) in [5.41, 5.74) is 1.68. The Morgan fingerprint density at radius 2 is 2.12 bits per heavy atom. The van der Waals surface area contributed by atoms with E-state index >= 15 is 0 Å². The van der Waals surface area contributed by atoms with Crippen molar-refractivity contribution in [1.29, 1.82) is 0 Å². The summed E-state index contributed by atoms with van der Waals surface area (Å²) in [6.07, 6.45) is 3.45. The maximum absolute atomic E-state index is 9.29. The first kappa shape index (κ1) is 12.6. The van der Waals surface area contributed by atoms with Crippen LogP contribution in [0.25, 0.3) is 0 Å². The summed E-state index contributed by atoms with van der Waals surface area (Å²) in [7, 11) is -1.36. The number of benzene rings is 1. The van der Waals surface area contributed by atoms with E-state index in [1.54, 1.807) is 6.07 Å². The molecule has 0 radical (unpaired) electrons. The van der Waals surface area contributed by atoms with E-state index in [1.165, 1.54) is 19.4 Å². The summed E-state index contributed by atoms with van der Waals surface area (Å²) >= 11 is 0. The van der Waals surface area contributed by atoms with Crippen molar-refractivity contribution < 1.29 is 10.0 Å². The molecule has 92 valence electrons. The van der Waals surface area contributed by atoms with Gasteiger partial charge in [-0.3, -0.25) is 0 Å². The second-order valence-corrected chi connectivity index (χ2v) is 4.85. The van der Waals surface area contributed by atoms with Crippen molar-refractivity contribution in [3.05, 3.63) is 29.8 Å². The monoisotopic (exact) mass is 233 g/mol. The van der Waals surface area contributed by atoms with Gasteiger partial charge in [0.2, 0.25) is 0 Å². The van der Waals surface area contributed by atoms with Gasteiger partial charge in [-0.15, -0.1) is 0 Å². The molecule has 4 heteroatoms. The lowest BCUT2D eigenvalue weighted by atomic mass is 9.76. The number of likely N-dealkylation sites (tertiary alicyclic amines) is 1. The molecule has 0 spiro atoms. The summed E-state index contributed by atoms with van der Waals surface area (Å²) in [5, 5.41) is 18.6. The highest BCUT2D eigenvalue weighted by Gasteiger charge is 2.21. The normalized spacial score (nSPS) is 20.8. The molecule has 1 aliphatic rings. The molecule has 0 bridgehead atoms. The van der Waals surface area contributed by atoms with Crippen molar-refractivity contribution in [1.82, 2.24) is 4.90 Å². The van der Waals surface area contributed by atoms with Crippen LogP contribution in [-0.4, -0.2) is 41.2 Å². The highest BCUT2D eigenvalue weighted by Crippen LogP contribution is 2.16. The summed E-state index contributed by atoms with van der Waals surface area (Å²) in [6, 6.07) is 8.23. The number of nitrogens with zero attached hydrogens (tertiary/aromatic N) is 1. The van der Waals surface area contributed by atoms with Gasteiger partial charge in [-0.2, -0.15) is 0 Å². The first-order valence-corrected chi connectivity index (χ1v) is 6.36. The maximum atomic E-state index is 9.29. The molecular formula is C13H20BNO2. The van der Waals surface area contributed by atoms with Crippen molar-refractivity contribution in [3.8, 4) is 0 Å². The highest BCUT2D eigenvalue weighted by atomic mass is 16.4. The zero-order valence-corrected chi connectivity index (χ0v) is 10.3. The van der Waals surface area contributed by atoms with Crippen LogP contribution in [0.15, 0.2) is 24.3 Å². The SMILES string of the molecule is CC1CCCN1CCc1ccccc1B(O)O. The summed E-state index contributed by atoms with van der Waals surface area (Å²) < 4.78 is 0.